The van der Waals surface area contributed by atoms with Crippen LogP contribution in [-0.2, 0) is 20.6 Å². The Balaban J connectivity index is 1.68. The van der Waals surface area contributed by atoms with E-state index in [4.69, 9.17) is 28.1 Å². The van der Waals surface area contributed by atoms with Crippen molar-refractivity contribution >= 4 is 11.0 Å². The third kappa shape index (κ3) is 6.55. The number of phenols is 3. The number of phenolic OH excluding ortho intramolecular Hbond substituents is 3. The molecule has 0 unspecified atom stereocenters. The van der Waals surface area contributed by atoms with Crippen LogP contribution in [0.1, 0.15) is 33.3 Å². The fourth-order valence-corrected chi connectivity index (χ4v) is 5.64. The molecule has 262 valence electrons. The van der Waals surface area contributed by atoms with E-state index in [1.165, 1.54) is 39.2 Å². The molecule has 2 fully saturated rings. The Morgan fingerprint density at radius 1 is 0.833 bits per heavy atom. The first-order chi connectivity index (χ1) is 22.6. The summed E-state index contributed by atoms with van der Waals surface area (Å²) in [5.74, 6) is -2.07. The van der Waals surface area contributed by atoms with Crippen molar-refractivity contribution in [3.63, 3.8) is 0 Å². The second-order valence-corrected chi connectivity index (χ2v) is 12.1. The van der Waals surface area contributed by atoms with E-state index in [1.54, 1.807) is 6.08 Å². The smallest absolute Gasteiger partial charge is 0.239 e. The number of methoxy groups -OCH3 is 1. The number of allylic oxidation sites excluding steroid dienone is 2. The molecule has 3 aromatic rings. The molecule has 0 saturated carbocycles. The average molecular weight is 677 g/mol. The van der Waals surface area contributed by atoms with Gasteiger partial charge in [-0.25, -0.2) is 0 Å². The first kappa shape index (κ1) is 35.4. The van der Waals surface area contributed by atoms with Crippen LogP contribution in [0.25, 0.3) is 22.3 Å². The van der Waals surface area contributed by atoms with Gasteiger partial charge in [-0.1, -0.05) is 11.6 Å². The van der Waals surface area contributed by atoms with Crippen molar-refractivity contribution in [3.8, 4) is 40.1 Å². The zero-order valence-corrected chi connectivity index (χ0v) is 26.8. The molecule has 8 N–H and O–H groups in total. The highest BCUT2D eigenvalue weighted by Gasteiger charge is 2.50. The Bertz CT molecular complexity index is 1730. The lowest BCUT2D eigenvalue weighted by molar-refractivity contribution is -0.352. The zero-order valence-electron chi connectivity index (χ0n) is 26.8. The van der Waals surface area contributed by atoms with E-state index in [1.807, 2.05) is 13.8 Å². The highest BCUT2D eigenvalue weighted by molar-refractivity contribution is 5.91. The summed E-state index contributed by atoms with van der Waals surface area (Å²) in [7, 11) is 1.34. The largest absolute Gasteiger partial charge is 0.507 e. The van der Waals surface area contributed by atoms with E-state index in [0.29, 0.717) is 0 Å². The minimum Gasteiger partial charge on any atom is -0.507 e. The number of hydrogen-bond donors (Lipinski definition) is 8. The second-order valence-electron chi connectivity index (χ2n) is 12.1. The first-order valence-electron chi connectivity index (χ1n) is 15.2. The van der Waals surface area contributed by atoms with Gasteiger partial charge in [-0.05, 0) is 52.3 Å². The molecular weight excluding hydrogens is 636 g/mol. The molecule has 0 bridgehead atoms. The molecule has 0 spiro atoms. The van der Waals surface area contributed by atoms with Gasteiger partial charge >= 0.3 is 0 Å². The number of ether oxygens (including phenoxy) is 5. The predicted octanol–water partition coefficient (Wildman–Crippen LogP) is 1.15. The normalized spacial score (nSPS) is 30.6. The Labute approximate surface area is 274 Å². The number of rotatable bonds is 8. The SMILES string of the molecule is COc1ccc(-c2oc3c(CC=C(C)C)c(O)cc(O)c3c(=O)c2O[C@@H]2O[C@@H](C)[C@H](O)[C@@H](O)[C@H]2O[C@@H]2O[C@H](C)[C@@H](O)[C@H](O)[C@@H]2O)cc1O. The maximum Gasteiger partial charge on any atom is 0.239 e. The molecule has 48 heavy (non-hydrogen) atoms. The molecule has 10 atom stereocenters. The number of benzene rings is 2. The van der Waals surface area contributed by atoms with Gasteiger partial charge in [0.25, 0.3) is 0 Å². The van der Waals surface area contributed by atoms with E-state index in [9.17, 15) is 45.6 Å². The summed E-state index contributed by atoms with van der Waals surface area (Å²) in [5, 5.41) is 84.6. The van der Waals surface area contributed by atoms with Gasteiger partial charge in [0.05, 0.1) is 19.3 Å². The van der Waals surface area contributed by atoms with Crippen LogP contribution >= 0.6 is 0 Å². The standard InChI is InChI=1S/C33H40O15/c1-12(2)6-8-16-17(34)11-19(36)21-24(39)30(28(46-29(16)21)15-7-9-20(43-5)18(35)10-15)47-33-31(26(41)23(38)14(4)45-33)48-32-27(42)25(40)22(37)13(3)44-32/h6-7,9-11,13-14,22-23,25-27,31-38,40-42H,8H2,1-5H3/t13-,14+,22-,23+,25+,26-,27+,31-,32+,33+/m1/s1. The molecule has 0 amide bonds. The van der Waals surface area contributed by atoms with Crippen LogP contribution in [0.5, 0.6) is 28.7 Å². The van der Waals surface area contributed by atoms with Crippen LogP contribution in [0.3, 0.4) is 0 Å². The summed E-state index contributed by atoms with van der Waals surface area (Å²) in [4.78, 5) is 14.3. The molecule has 5 rings (SSSR count). The van der Waals surface area contributed by atoms with Crippen molar-refractivity contribution in [1.29, 1.82) is 0 Å². The number of aliphatic hydroxyl groups excluding tert-OH is 5. The van der Waals surface area contributed by atoms with Gasteiger partial charge in [-0.15, -0.1) is 0 Å². The average Bonchev–Trinajstić information content (AvgIpc) is 3.03. The van der Waals surface area contributed by atoms with E-state index < -0.39 is 78.3 Å². The summed E-state index contributed by atoms with van der Waals surface area (Å²) >= 11 is 0. The molecule has 15 nitrogen and oxygen atoms in total. The Kier molecular flexibility index (Phi) is 10.2. The molecule has 3 heterocycles. The van der Waals surface area contributed by atoms with Crippen molar-refractivity contribution < 1.29 is 69.0 Å². The number of hydrogen-bond acceptors (Lipinski definition) is 15. The van der Waals surface area contributed by atoms with Crippen molar-refractivity contribution in [2.45, 2.75) is 95.5 Å². The fourth-order valence-electron chi connectivity index (χ4n) is 5.64. The van der Waals surface area contributed by atoms with Gasteiger partial charge in [0, 0.05) is 17.2 Å². The predicted molar refractivity (Wildman–Crippen MR) is 167 cm³/mol. The van der Waals surface area contributed by atoms with Crippen LogP contribution in [-0.4, -0.2) is 109 Å². The zero-order chi connectivity index (χ0) is 35.2. The number of fused-ring (bicyclic) bond motifs is 1. The quantitative estimate of drug-likeness (QED) is 0.156. The van der Waals surface area contributed by atoms with Gasteiger partial charge in [0.15, 0.2) is 29.7 Å². The maximum atomic E-state index is 14.3. The summed E-state index contributed by atoms with van der Waals surface area (Å²) in [6.45, 7) is 6.51. The number of aromatic hydroxyl groups is 3. The molecule has 1 aromatic heterocycles. The lowest BCUT2D eigenvalue weighted by Crippen LogP contribution is -2.63. The molecule has 2 aromatic carbocycles. The third-order valence-corrected chi connectivity index (χ3v) is 8.46. The minimum atomic E-state index is -1.80. The molecule has 2 aliphatic rings. The number of aliphatic hydroxyl groups is 5. The summed E-state index contributed by atoms with van der Waals surface area (Å²) in [6, 6.07) is 5.07. The van der Waals surface area contributed by atoms with Crippen molar-refractivity contribution in [1.82, 2.24) is 0 Å². The van der Waals surface area contributed by atoms with Crippen molar-refractivity contribution in [3.05, 3.63) is 51.7 Å². The lowest BCUT2D eigenvalue weighted by atomic mass is 9.98. The van der Waals surface area contributed by atoms with Crippen molar-refractivity contribution in [2.75, 3.05) is 7.11 Å². The highest BCUT2D eigenvalue weighted by Crippen LogP contribution is 2.42. The van der Waals surface area contributed by atoms with Crippen LogP contribution in [0.15, 0.2) is 45.1 Å². The Morgan fingerprint density at radius 2 is 1.48 bits per heavy atom. The molecule has 0 radical (unpaired) electrons. The summed E-state index contributed by atoms with van der Waals surface area (Å²) < 4.78 is 34.6. The monoisotopic (exact) mass is 676 g/mol. The van der Waals surface area contributed by atoms with E-state index >= 15 is 0 Å². The molecule has 15 heteroatoms. The van der Waals surface area contributed by atoms with Gasteiger partial charge in [0.1, 0.15) is 53.0 Å². The van der Waals surface area contributed by atoms with Gasteiger partial charge in [0.2, 0.25) is 17.5 Å². The lowest BCUT2D eigenvalue weighted by Gasteiger charge is -2.45. The van der Waals surface area contributed by atoms with Crippen LogP contribution in [0.4, 0.5) is 0 Å². The second kappa shape index (κ2) is 13.9. The van der Waals surface area contributed by atoms with Crippen molar-refractivity contribution in [2.24, 2.45) is 0 Å². The van der Waals surface area contributed by atoms with Gasteiger partial charge in [-0.3, -0.25) is 4.79 Å². The molecule has 2 aliphatic heterocycles. The summed E-state index contributed by atoms with van der Waals surface area (Å²) in [6.07, 6.45) is -13.5. The third-order valence-electron chi connectivity index (χ3n) is 8.46. The Morgan fingerprint density at radius 3 is 2.10 bits per heavy atom. The van der Waals surface area contributed by atoms with Gasteiger partial charge in [-0.2, -0.15) is 0 Å². The molecular formula is C33H40O15. The van der Waals surface area contributed by atoms with Crippen LogP contribution < -0.4 is 14.9 Å². The van der Waals surface area contributed by atoms with Crippen LogP contribution in [0.2, 0.25) is 0 Å². The highest BCUT2D eigenvalue weighted by atomic mass is 16.8. The Hall–Kier alpha value is -3.93. The van der Waals surface area contributed by atoms with E-state index in [-0.39, 0.29) is 51.5 Å². The minimum absolute atomic E-state index is 0.0946. The van der Waals surface area contributed by atoms with E-state index in [0.717, 1.165) is 11.6 Å². The molecule has 0 aliphatic carbocycles. The maximum absolute atomic E-state index is 14.3. The first-order valence-corrected chi connectivity index (χ1v) is 15.2. The van der Waals surface area contributed by atoms with Gasteiger partial charge < -0.3 is 69.0 Å². The van der Waals surface area contributed by atoms with E-state index in [2.05, 4.69) is 0 Å². The van der Waals surface area contributed by atoms with Crippen LogP contribution in [0, 0.1) is 0 Å². The summed E-state index contributed by atoms with van der Waals surface area (Å²) in [5.41, 5.74) is 0.0600. The topological polar surface area (TPSA) is 238 Å². The fraction of sp³-hybridized carbons (Fsp3) is 0.485. The molecule has 2 saturated heterocycles.